The van der Waals surface area contributed by atoms with Gasteiger partial charge in [-0.1, -0.05) is 25.7 Å². The molecule has 1 heterocycles. The van der Waals surface area contributed by atoms with Crippen molar-refractivity contribution >= 4 is 16.8 Å². The molecule has 0 bridgehead atoms. The van der Waals surface area contributed by atoms with Gasteiger partial charge in [-0.2, -0.15) is 0 Å². The molecule has 0 fully saturated rings. The number of hydrogen-bond donors (Lipinski definition) is 0. The summed E-state index contributed by atoms with van der Waals surface area (Å²) in [7, 11) is 1.65. The summed E-state index contributed by atoms with van der Waals surface area (Å²) in [5, 5.41) is 1.08. The van der Waals surface area contributed by atoms with E-state index >= 15 is 0 Å². The van der Waals surface area contributed by atoms with Gasteiger partial charge in [0.05, 0.1) is 12.6 Å². The SMILES string of the molecule is C=C/C=C(\C)C(=O)n1c(C)c(CC)c2cc(OC)ccc21. The Bertz CT molecular complexity index is 735. The number of carbonyl (C=O) groups excluding carboxylic acids is 1. The average molecular weight is 283 g/mol. The molecule has 0 amide bonds. The first-order valence-electron chi connectivity index (χ1n) is 7.07. The van der Waals surface area contributed by atoms with E-state index in [4.69, 9.17) is 4.74 Å². The van der Waals surface area contributed by atoms with Crippen LogP contribution in [0.2, 0.25) is 0 Å². The molecular formula is C18H21NO2. The van der Waals surface area contributed by atoms with E-state index in [9.17, 15) is 4.79 Å². The summed E-state index contributed by atoms with van der Waals surface area (Å²) < 4.78 is 7.08. The standard InChI is InChI=1S/C18H21NO2/c1-6-8-12(3)18(20)19-13(4)15(7-2)16-11-14(21-5)9-10-17(16)19/h6,8-11H,1,7H2,2-5H3/b12-8+. The Labute approximate surface area is 125 Å². The molecule has 0 N–H and O–H groups in total. The average Bonchev–Trinajstić information content (AvgIpc) is 2.77. The number of rotatable bonds is 4. The van der Waals surface area contributed by atoms with Gasteiger partial charge in [0.25, 0.3) is 5.91 Å². The zero-order valence-electron chi connectivity index (χ0n) is 13.1. The van der Waals surface area contributed by atoms with Crippen LogP contribution in [-0.2, 0) is 6.42 Å². The van der Waals surface area contributed by atoms with Gasteiger partial charge in [0.1, 0.15) is 5.75 Å². The first kappa shape index (κ1) is 15.1. The lowest BCUT2D eigenvalue weighted by Gasteiger charge is -2.07. The van der Waals surface area contributed by atoms with E-state index in [-0.39, 0.29) is 5.91 Å². The molecule has 2 aromatic rings. The van der Waals surface area contributed by atoms with Crippen molar-refractivity contribution < 1.29 is 9.53 Å². The van der Waals surface area contributed by atoms with Crippen molar-refractivity contribution in [3.63, 3.8) is 0 Å². The third kappa shape index (κ3) is 2.51. The number of aromatic nitrogens is 1. The molecule has 0 spiro atoms. The molecule has 1 aromatic heterocycles. The number of fused-ring (bicyclic) bond motifs is 1. The molecule has 3 heteroatoms. The fourth-order valence-electron chi connectivity index (χ4n) is 2.72. The monoisotopic (exact) mass is 283 g/mol. The minimum absolute atomic E-state index is 0.0118. The van der Waals surface area contributed by atoms with Gasteiger partial charge in [-0.15, -0.1) is 0 Å². The van der Waals surface area contributed by atoms with Gasteiger partial charge in [-0.25, -0.2) is 0 Å². The van der Waals surface area contributed by atoms with Crippen molar-refractivity contribution in [1.29, 1.82) is 0 Å². The van der Waals surface area contributed by atoms with Crippen LogP contribution in [0.15, 0.2) is 42.5 Å². The van der Waals surface area contributed by atoms with Crippen LogP contribution in [0.4, 0.5) is 0 Å². The number of carbonyl (C=O) groups is 1. The third-order valence-electron chi connectivity index (χ3n) is 3.80. The zero-order valence-corrected chi connectivity index (χ0v) is 13.1. The van der Waals surface area contributed by atoms with Gasteiger partial charge in [0.2, 0.25) is 0 Å². The summed E-state index contributed by atoms with van der Waals surface area (Å²) in [5.41, 5.74) is 3.77. The van der Waals surface area contributed by atoms with E-state index in [1.54, 1.807) is 23.8 Å². The van der Waals surface area contributed by atoms with Crippen LogP contribution in [0.1, 0.15) is 29.9 Å². The second-order valence-electron chi connectivity index (χ2n) is 5.03. The Balaban J connectivity index is 2.75. The highest BCUT2D eigenvalue weighted by Gasteiger charge is 2.18. The Morgan fingerprint density at radius 2 is 2.14 bits per heavy atom. The molecule has 0 atom stereocenters. The van der Waals surface area contributed by atoms with Gasteiger partial charge in [-0.3, -0.25) is 9.36 Å². The molecule has 21 heavy (non-hydrogen) atoms. The molecule has 1 aromatic carbocycles. The molecule has 0 aliphatic carbocycles. The number of allylic oxidation sites excluding steroid dienone is 3. The molecule has 0 aliphatic heterocycles. The molecule has 3 nitrogen and oxygen atoms in total. The Morgan fingerprint density at radius 1 is 1.43 bits per heavy atom. The lowest BCUT2D eigenvalue weighted by molar-refractivity contribution is 0.0958. The van der Waals surface area contributed by atoms with E-state index in [0.717, 1.165) is 28.8 Å². The highest BCUT2D eigenvalue weighted by molar-refractivity contribution is 6.03. The summed E-state index contributed by atoms with van der Waals surface area (Å²) in [6, 6.07) is 5.83. The number of benzene rings is 1. The van der Waals surface area contributed by atoms with Crippen molar-refractivity contribution in [2.75, 3.05) is 7.11 Å². The molecule has 110 valence electrons. The largest absolute Gasteiger partial charge is 0.497 e. The van der Waals surface area contributed by atoms with Crippen LogP contribution in [0.25, 0.3) is 10.9 Å². The van der Waals surface area contributed by atoms with Gasteiger partial charge < -0.3 is 4.74 Å². The van der Waals surface area contributed by atoms with Crippen molar-refractivity contribution in [3.05, 3.63) is 53.8 Å². The molecule has 0 saturated carbocycles. The van der Waals surface area contributed by atoms with Crippen LogP contribution in [0.3, 0.4) is 0 Å². The summed E-state index contributed by atoms with van der Waals surface area (Å²) in [5.74, 6) is 0.794. The summed E-state index contributed by atoms with van der Waals surface area (Å²) in [4.78, 5) is 12.7. The summed E-state index contributed by atoms with van der Waals surface area (Å²) in [6.45, 7) is 9.55. The highest BCUT2D eigenvalue weighted by Crippen LogP contribution is 2.30. The van der Waals surface area contributed by atoms with Crippen LogP contribution in [-0.4, -0.2) is 17.6 Å². The topological polar surface area (TPSA) is 31.2 Å². The molecule has 0 radical (unpaired) electrons. The quantitative estimate of drug-likeness (QED) is 0.619. The molecule has 2 rings (SSSR count). The maximum atomic E-state index is 12.7. The van der Waals surface area contributed by atoms with E-state index < -0.39 is 0 Å². The van der Waals surface area contributed by atoms with Crippen LogP contribution < -0.4 is 4.74 Å². The Hall–Kier alpha value is -2.29. The second kappa shape index (κ2) is 6.00. The summed E-state index contributed by atoms with van der Waals surface area (Å²) in [6.07, 6.45) is 4.25. The number of methoxy groups -OCH3 is 1. The van der Waals surface area contributed by atoms with Crippen molar-refractivity contribution in [2.45, 2.75) is 27.2 Å². The van der Waals surface area contributed by atoms with Gasteiger partial charge >= 0.3 is 0 Å². The second-order valence-corrected chi connectivity index (χ2v) is 5.03. The highest BCUT2D eigenvalue weighted by atomic mass is 16.5. The Morgan fingerprint density at radius 3 is 2.71 bits per heavy atom. The van der Waals surface area contributed by atoms with Crippen LogP contribution >= 0.6 is 0 Å². The first-order valence-corrected chi connectivity index (χ1v) is 7.07. The smallest absolute Gasteiger partial charge is 0.258 e. The lowest BCUT2D eigenvalue weighted by atomic mass is 10.1. The number of hydrogen-bond acceptors (Lipinski definition) is 2. The van der Waals surface area contributed by atoms with Crippen molar-refractivity contribution in [2.24, 2.45) is 0 Å². The lowest BCUT2D eigenvalue weighted by Crippen LogP contribution is -2.13. The molecular weight excluding hydrogens is 262 g/mol. The third-order valence-corrected chi connectivity index (χ3v) is 3.80. The molecule has 0 aliphatic rings. The van der Waals surface area contributed by atoms with E-state index in [0.29, 0.717) is 5.57 Å². The number of ether oxygens (including phenoxy) is 1. The normalized spacial score (nSPS) is 11.7. The fourth-order valence-corrected chi connectivity index (χ4v) is 2.72. The molecule has 0 saturated heterocycles. The maximum Gasteiger partial charge on any atom is 0.258 e. The first-order chi connectivity index (χ1) is 10.0. The fraction of sp³-hybridized carbons (Fsp3) is 0.278. The predicted molar refractivity (Wildman–Crippen MR) is 87.2 cm³/mol. The summed E-state index contributed by atoms with van der Waals surface area (Å²) >= 11 is 0. The molecule has 0 unspecified atom stereocenters. The number of aryl methyl sites for hydroxylation is 1. The van der Waals surface area contributed by atoms with Crippen LogP contribution in [0.5, 0.6) is 5.75 Å². The predicted octanol–water partition coefficient (Wildman–Crippen LogP) is 4.29. The van der Waals surface area contributed by atoms with E-state index in [2.05, 4.69) is 13.5 Å². The minimum Gasteiger partial charge on any atom is -0.497 e. The van der Waals surface area contributed by atoms with E-state index in [1.807, 2.05) is 32.0 Å². The number of nitrogens with zero attached hydrogens (tertiary/aromatic N) is 1. The minimum atomic E-state index is -0.0118. The van der Waals surface area contributed by atoms with E-state index in [1.165, 1.54) is 5.56 Å². The van der Waals surface area contributed by atoms with Gasteiger partial charge in [0.15, 0.2) is 0 Å². The van der Waals surface area contributed by atoms with Crippen molar-refractivity contribution in [1.82, 2.24) is 4.57 Å². The maximum absolute atomic E-state index is 12.7. The Kier molecular flexibility index (Phi) is 4.32. The van der Waals surface area contributed by atoms with Crippen molar-refractivity contribution in [3.8, 4) is 5.75 Å². The van der Waals surface area contributed by atoms with Gasteiger partial charge in [0, 0.05) is 16.7 Å². The van der Waals surface area contributed by atoms with Crippen LogP contribution in [0, 0.1) is 6.92 Å². The van der Waals surface area contributed by atoms with Gasteiger partial charge in [-0.05, 0) is 44.0 Å². The zero-order chi connectivity index (χ0) is 15.6.